The van der Waals surface area contributed by atoms with Gasteiger partial charge in [-0.15, -0.1) is 11.8 Å². The molecule has 1 rings (SSSR count). The summed E-state index contributed by atoms with van der Waals surface area (Å²) in [5, 5.41) is 13.6. The number of hydrogen-bond donors (Lipinski definition) is 4. The number of carbonyl (C=O) groups is 3. The van der Waals surface area contributed by atoms with E-state index >= 15 is 0 Å². The van der Waals surface area contributed by atoms with E-state index in [9.17, 15) is 14.4 Å². The molecule has 1 fully saturated rings. The second-order valence-corrected chi connectivity index (χ2v) is 5.85. The Hall–Kier alpha value is -1.28. The number of hydrogen-bond acceptors (Lipinski definition) is 5. The van der Waals surface area contributed by atoms with Crippen LogP contribution in [0.4, 0.5) is 4.79 Å². The number of thioether (sulfide) groups is 1. The maximum atomic E-state index is 11.6. The van der Waals surface area contributed by atoms with Crippen molar-refractivity contribution in [2.24, 2.45) is 5.73 Å². The van der Waals surface area contributed by atoms with Crippen molar-refractivity contribution in [2.45, 2.75) is 44.2 Å². The summed E-state index contributed by atoms with van der Waals surface area (Å²) in [5.74, 6) is -1.40. The normalized spacial score (nSPS) is 17.2. The van der Waals surface area contributed by atoms with E-state index in [0.717, 1.165) is 37.4 Å². The maximum absolute atomic E-state index is 11.6. The molecule has 114 valence electrons. The number of amides is 3. The van der Waals surface area contributed by atoms with E-state index < -0.39 is 23.9 Å². The topological polar surface area (TPSA) is 122 Å². The predicted octanol–water partition coefficient (Wildman–Crippen LogP) is 0.290. The third kappa shape index (κ3) is 6.76. The zero-order valence-electron chi connectivity index (χ0n) is 11.3. The van der Waals surface area contributed by atoms with Gasteiger partial charge in [0.05, 0.1) is 5.75 Å². The first kappa shape index (κ1) is 16.8. The summed E-state index contributed by atoms with van der Waals surface area (Å²) in [6, 6.07) is -1.33. The number of rotatable bonds is 6. The van der Waals surface area contributed by atoms with Gasteiger partial charge in [-0.25, -0.2) is 4.79 Å². The van der Waals surface area contributed by atoms with Crippen molar-refractivity contribution in [1.82, 2.24) is 10.6 Å². The Morgan fingerprint density at radius 3 is 2.50 bits per heavy atom. The molecule has 20 heavy (non-hydrogen) atoms. The van der Waals surface area contributed by atoms with Crippen LogP contribution < -0.4 is 16.4 Å². The van der Waals surface area contributed by atoms with E-state index in [-0.39, 0.29) is 17.5 Å². The highest BCUT2D eigenvalue weighted by Gasteiger charge is 2.17. The summed E-state index contributed by atoms with van der Waals surface area (Å²) in [6.07, 6.45) is 5.29. The van der Waals surface area contributed by atoms with Crippen molar-refractivity contribution < 1.29 is 19.5 Å². The van der Waals surface area contributed by atoms with Crippen LogP contribution in [0.25, 0.3) is 0 Å². The van der Waals surface area contributed by atoms with Crippen LogP contribution in [0, 0.1) is 0 Å². The number of carboxylic acid groups (broad SMARTS) is 1. The van der Waals surface area contributed by atoms with Crippen LogP contribution in [-0.2, 0) is 9.59 Å². The highest BCUT2D eigenvalue weighted by molar-refractivity contribution is 8.00. The van der Waals surface area contributed by atoms with Gasteiger partial charge >= 0.3 is 12.0 Å². The van der Waals surface area contributed by atoms with Crippen LogP contribution in [0.3, 0.4) is 0 Å². The monoisotopic (exact) mass is 303 g/mol. The molecule has 1 aliphatic carbocycles. The first-order valence-corrected chi connectivity index (χ1v) is 7.81. The minimum absolute atomic E-state index is 0.0130. The molecule has 3 amide bonds. The van der Waals surface area contributed by atoms with E-state index in [1.165, 1.54) is 6.42 Å². The van der Waals surface area contributed by atoms with Crippen LogP contribution in [0.2, 0.25) is 0 Å². The molecule has 0 unspecified atom stereocenters. The largest absolute Gasteiger partial charge is 0.480 e. The Labute approximate surface area is 122 Å². The van der Waals surface area contributed by atoms with E-state index in [2.05, 4.69) is 10.6 Å². The lowest BCUT2D eigenvalue weighted by atomic mass is 9.96. The summed E-state index contributed by atoms with van der Waals surface area (Å²) >= 11 is 1.09. The van der Waals surface area contributed by atoms with Gasteiger partial charge in [-0.2, -0.15) is 0 Å². The van der Waals surface area contributed by atoms with E-state index in [4.69, 9.17) is 10.8 Å². The maximum Gasteiger partial charge on any atom is 0.321 e. The standard InChI is InChI=1S/C12H21N3O4S/c13-9(11(17)18)6-20-7-10(16)15-12(19)14-8-4-2-1-3-5-8/h8-9H,1-7,13H2,(H,17,18)(H2,14,15,16,19)/t9-/m0/s1. The van der Waals surface area contributed by atoms with Crippen LogP contribution in [0.5, 0.6) is 0 Å². The second kappa shape index (κ2) is 8.80. The number of nitrogens with one attached hydrogen (secondary N) is 2. The molecule has 0 saturated heterocycles. The SMILES string of the molecule is N[C@@H](CSCC(=O)NC(=O)NC1CCCCC1)C(=O)O. The van der Waals surface area contributed by atoms with Crippen molar-refractivity contribution >= 4 is 29.7 Å². The first-order chi connectivity index (χ1) is 9.49. The molecular weight excluding hydrogens is 282 g/mol. The average Bonchev–Trinajstić information content (AvgIpc) is 2.39. The van der Waals surface area contributed by atoms with Crippen LogP contribution >= 0.6 is 11.8 Å². The molecule has 0 heterocycles. The molecule has 5 N–H and O–H groups in total. The second-order valence-electron chi connectivity index (χ2n) is 4.82. The van der Waals surface area contributed by atoms with Gasteiger partial charge in [0.15, 0.2) is 0 Å². The number of carbonyl (C=O) groups excluding carboxylic acids is 2. The highest BCUT2D eigenvalue weighted by atomic mass is 32.2. The van der Waals surface area contributed by atoms with Crippen molar-refractivity contribution in [3.63, 3.8) is 0 Å². The van der Waals surface area contributed by atoms with Gasteiger partial charge in [0.25, 0.3) is 0 Å². The fourth-order valence-corrected chi connectivity index (χ4v) is 2.75. The van der Waals surface area contributed by atoms with Gasteiger partial charge in [0.2, 0.25) is 5.91 Å². The van der Waals surface area contributed by atoms with Gasteiger partial charge < -0.3 is 16.2 Å². The zero-order valence-corrected chi connectivity index (χ0v) is 12.1. The molecule has 0 spiro atoms. The van der Waals surface area contributed by atoms with Crippen LogP contribution in [0.15, 0.2) is 0 Å². The zero-order chi connectivity index (χ0) is 15.0. The summed E-state index contributed by atoms with van der Waals surface area (Å²) in [5.41, 5.74) is 5.30. The molecule has 0 radical (unpaired) electrons. The average molecular weight is 303 g/mol. The number of imide groups is 1. The summed E-state index contributed by atoms with van der Waals surface area (Å²) in [6.45, 7) is 0. The number of urea groups is 1. The van der Waals surface area contributed by atoms with Crippen LogP contribution in [0.1, 0.15) is 32.1 Å². The fraction of sp³-hybridized carbons (Fsp3) is 0.750. The Morgan fingerprint density at radius 2 is 1.90 bits per heavy atom. The minimum Gasteiger partial charge on any atom is -0.480 e. The third-order valence-electron chi connectivity index (χ3n) is 3.04. The molecule has 0 aromatic rings. The number of nitrogens with two attached hydrogens (primary N) is 1. The lowest BCUT2D eigenvalue weighted by Gasteiger charge is -2.22. The van der Waals surface area contributed by atoms with E-state index in [0.29, 0.717) is 0 Å². The molecule has 8 heteroatoms. The van der Waals surface area contributed by atoms with Gasteiger partial charge in [-0.1, -0.05) is 19.3 Å². The Kier molecular flexibility index (Phi) is 7.38. The van der Waals surface area contributed by atoms with Crippen LogP contribution in [-0.4, -0.2) is 46.6 Å². The number of aliphatic carboxylic acids is 1. The van der Waals surface area contributed by atoms with Crippen molar-refractivity contribution in [3.8, 4) is 0 Å². The molecule has 0 bridgehead atoms. The lowest BCUT2D eigenvalue weighted by molar-refractivity contribution is -0.138. The molecule has 0 aromatic heterocycles. The molecule has 1 aliphatic rings. The van der Waals surface area contributed by atoms with Crippen molar-refractivity contribution in [2.75, 3.05) is 11.5 Å². The molecule has 1 atom stereocenters. The quantitative estimate of drug-likeness (QED) is 0.559. The summed E-state index contributed by atoms with van der Waals surface area (Å²) in [4.78, 5) is 33.5. The van der Waals surface area contributed by atoms with Gasteiger partial charge in [0, 0.05) is 11.8 Å². The molecule has 7 nitrogen and oxygen atoms in total. The van der Waals surface area contributed by atoms with E-state index in [1.807, 2.05) is 0 Å². The molecule has 0 aromatic carbocycles. The van der Waals surface area contributed by atoms with E-state index in [1.54, 1.807) is 0 Å². The Morgan fingerprint density at radius 1 is 1.25 bits per heavy atom. The van der Waals surface area contributed by atoms with Crippen molar-refractivity contribution in [1.29, 1.82) is 0 Å². The smallest absolute Gasteiger partial charge is 0.321 e. The van der Waals surface area contributed by atoms with Gasteiger partial charge in [-0.3, -0.25) is 14.9 Å². The summed E-state index contributed by atoms with van der Waals surface area (Å²) < 4.78 is 0. The first-order valence-electron chi connectivity index (χ1n) is 6.65. The highest BCUT2D eigenvalue weighted by Crippen LogP contribution is 2.17. The van der Waals surface area contributed by atoms with Crippen molar-refractivity contribution in [3.05, 3.63) is 0 Å². The Balaban J connectivity index is 2.14. The number of carboxylic acids is 1. The predicted molar refractivity (Wildman–Crippen MR) is 76.5 cm³/mol. The van der Waals surface area contributed by atoms with Gasteiger partial charge in [0.1, 0.15) is 6.04 Å². The lowest BCUT2D eigenvalue weighted by Crippen LogP contribution is -2.45. The summed E-state index contributed by atoms with van der Waals surface area (Å²) in [7, 11) is 0. The third-order valence-corrected chi connectivity index (χ3v) is 4.10. The van der Waals surface area contributed by atoms with Gasteiger partial charge in [-0.05, 0) is 12.8 Å². The fourth-order valence-electron chi connectivity index (χ4n) is 1.98. The minimum atomic E-state index is -1.10. The molecule has 1 saturated carbocycles. The molecule has 0 aliphatic heterocycles. The Bertz CT molecular complexity index is 359. The molecular formula is C12H21N3O4S.